The summed E-state index contributed by atoms with van der Waals surface area (Å²) in [6, 6.07) is 0. The zero-order valence-corrected chi connectivity index (χ0v) is 5.05. The lowest BCUT2D eigenvalue weighted by molar-refractivity contribution is 0.399. The fourth-order valence-electron chi connectivity index (χ4n) is 0.212. The van der Waals surface area contributed by atoms with Crippen LogP contribution in [0.15, 0.2) is 24.7 Å². The second-order valence-corrected chi connectivity index (χ2v) is 1.47. The quantitative estimate of drug-likeness (QED) is 0.554. The van der Waals surface area contributed by atoms with Crippen LogP contribution in [0.4, 0.5) is 0 Å². The van der Waals surface area contributed by atoms with Gasteiger partial charge in [-0.1, -0.05) is 6.58 Å². The zero-order valence-electron chi connectivity index (χ0n) is 5.05. The summed E-state index contributed by atoms with van der Waals surface area (Å²) in [5.41, 5.74) is 6.23. The molecule has 0 saturated carbocycles. The molecule has 46 valence electrons. The molecule has 0 saturated heterocycles. The van der Waals surface area contributed by atoms with Crippen molar-refractivity contribution >= 4 is 0 Å². The van der Waals surface area contributed by atoms with Gasteiger partial charge in [-0.2, -0.15) is 0 Å². The van der Waals surface area contributed by atoms with Crippen LogP contribution in [0, 0.1) is 0 Å². The number of nitrogens with two attached hydrogens (primary N) is 1. The minimum absolute atomic E-state index is 0.536. The van der Waals surface area contributed by atoms with Crippen LogP contribution in [0.1, 0.15) is 6.92 Å². The number of ether oxygens (including phenoxy) is 1. The molecule has 0 heterocycles. The van der Waals surface area contributed by atoms with E-state index in [-0.39, 0.29) is 0 Å². The highest BCUT2D eigenvalue weighted by Crippen LogP contribution is 1.87. The summed E-state index contributed by atoms with van der Waals surface area (Å²) in [6.07, 6.45) is 2.94. The minimum Gasteiger partial charge on any atom is -0.473 e. The van der Waals surface area contributed by atoms with Crippen molar-refractivity contribution in [2.75, 3.05) is 6.54 Å². The highest BCUT2D eigenvalue weighted by atomic mass is 16.5. The molecular weight excluding hydrogens is 102 g/mol. The van der Waals surface area contributed by atoms with Crippen molar-refractivity contribution < 1.29 is 4.74 Å². The third kappa shape index (κ3) is 3.43. The van der Waals surface area contributed by atoms with Crippen LogP contribution in [0.2, 0.25) is 0 Å². The second-order valence-electron chi connectivity index (χ2n) is 1.47. The van der Waals surface area contributed by atoms with Crippen molar-refractivity contribution in [2.45, 2.75) is 6.92 Å². The van der Waals surface area contributed by atoms with Gasteiger partial charge >= 0.3 is 0 Å². The SMILES string of the molecule is C=CO/C=C(\C)CN. The average molecular weight is 113 g/mol. The molecule has 0 rings (SSSR count). The maximum atomic E-state index is 5.23. The van der Waals surface area contributed by atoms with Crippen molar-refractivity contribution in [3.05, 3.63) is 24.7 Å². The first-order chi connectivity index (χ1) is 3.81. The van der Waals surface area contributed by atoms with Crippen molar-refractivity contribution in [1.82, 2.24) is 0 Å². The lowest BCUT2D eigenvalue weighted by Gasteiger charge is -1.91. The Morgan fingerprint density at radius 1 is 1.88 bits per heavy atom. The first-order valence-corrected chi connectivity index (χ1v) is 2.43. The fourth-order valence-corrected chi connectivity index (χ4v) is 0.212. The molecule has 0 aliphatic rings. The van der Waals surface area contributed by atoms with Crippen molar-refractivity contribution in [3.63, 3.8) is 0 Å². The molecule has 0 aliphatic carbocycles. The van der Waals surface area contributed by atoms with E-state index in [4.69, 9.17) is 10.5 Å². The maximum Gasteiger partial charge on any atom is 0.0902 e. The molecule has 0 spiro atoms. The number of rotatable bonds is 3. The molecule has 0 fully saturated rings. The van der Waals surface area contributed by atoms with E-state index in [9.17, 15) is 0 Å². The Hall–Kier alpha value is -0.760. The highest BCUT2D eigenvalue weighted by Gasteiger charge is 1.78. The van der Waals surface area contributed by atoms with Gasteiger partial charge < -0.3 is 10.5 Å². The lowest BCUT2D eigenvalue weighted by Crippen LogP contribution is -1.99. The Morgan fingerprint density at radius 3 is 2.88 bits per heavy atom. The van der Waals surface area contributed by atoms with Gasteiger partial charge in [0.25, 0.3) is 0 Å². The van der Waals surface area contributed by atoms with E-state index in [1.165, 1.54) is 6.26 Å². The smallest absolute Gasteiger partial charge is 0.0902 e. The summed E-state index contributed by atoms with van der Waals surface area (Å²) < 4.78 is 4.71. The van der Waals surface area contributed by atoms with Crippen LogP contribution in [0.5, 0.6) is 0 Å². The average Bonchev–Trinajstić information content (AvgIpc) is 1.83. The van der Waals surface area contributed by atoms with Gasteiger partial charge in [-0.15, -0.1) is 0 Å². The predicted molar refractivity (Wildman–Crippen MR) is 34.1 cm³/mol. The van der Waals surface area contributed by atoms with E-state index >= 15 is 0 Å². The largest absolute Gasteiger partial charge is 0.473 e. The van der Waals surface area contributed by atoms with Gasteiger partial charge in [0, 0.05) is 6.54 Å². The Labute approximate surface area is 49.6 Å². The molecule has 0 amide bonds. The van der Waals surface area contributed by atoms with E-state index in [1.807, 2.05) is 6.92 Å². The van der Waals surface area contributed by atoms with Crippen molar-refractivity contribution in [3.8, 4) is 0 Å². The molecule has 0 aromatic rings. The molecule has 2 N–H and O–H groups in total. The Bertz CT molecular complexity index is 96.7. The molecule has 0 aromatic carbocycles. The topological polar surface area (TPSA) is 35.2 Å². The van der Waals surface area contributed by atoms with Crippen LogP contribution in [-0.2, 0) is 4.74 Å². The third-order valence-corrected chi connectivity index (χ3v) is 0.687. The molecule has 0 radical (unpaired) electrons. The molecule has 0 unspecified atom stereocenters. The highest BCUT2D eigenvalue weighted by molar-refractivity contribution is 4.94. The number of hydrogen-bond donors (Lipinski definition) is 1. The predicted octanol–water partition coefficient (Wildman–Crippen LogP) is 1.01. The maximum absolute atomic E-state index is 5.23. The summed E-state index contributed by atoms with van der Waals surface area (Å²) in [4.78, 5) is 0. The van der Waals surface area contributed by atoms with Gasteiger partial charge in [0.05, 0.1) is 12.5 Å². The molecule has 0 bridgehead atoms. The Balaban J connectivity index is 3.40. The van der Waals surface area contributed by atoms with Crippen LogP contribution in [0.3, 0.4) is 0 Å². The second kappa shape index (κ2) is 4.40. The minimum atomic E-state index is 0.536. The summed E-state index contributed by atoms with van der Waals surface area (Å²) in [5.74, 6) is 0. The van der Waals surface area contributed by atoms with Crippen LogP contribution < -0.4 is 5.73 Å². The van der Waals surface area contributed by atoms with Crippen LogP contribution in [0.25, 0.3) is 0 Å². The first-order valence-electron chi connectivity index (χ1n) is 2.43. The molecule has 2 nitrogen and oxygen atoms in total. The molecule has 0 aromatic heterocycles. The van der Waals surface area contributed by atoms with E-state index in [0.29, 0.717) is 6.54 Å². The van der Waals surface area contributed by atoms with E-state index in [2.05, 4.69) is 6.58 Å². The summed E-state index contributed by atoms with van der Waals surface area (Å²) in [7, 11) is 0. The summed E-state index contributed by atoms with van der Waals surface area (Å²) >= 11 is 0. The standard InChI is InChI=1S/C6H11NO/c1-3-8-5-6(2)4-7/h3,5H,1,4,7H2,2H3/b6-5+. The van der Waals surface area contributed by atoms with Gasteiger partial charge in [0.1, 0.15) is 0 Å². The van der Waals surface area contributed by atoms with E-state index < -0.39 is 0 Å². The molecule has 2 heteroatoms. The van der Waals surface area contributed by atoms with Crippen LogP contribution in [-0.4, -0.2) is 6.54 Å². The van der Waals surface area contributed by atoms with Gasteiger partial charge in [-0.05, 0) is 12.5 Å². The molecule has 8 heavy (non-hydrogen) atoms. The normalized spacial score (nSPS) is 11.0. The molecule has 0 aliphatic heterocycles. The summed E-state index contributed by atoms with van der Waals surface area (Å²) in [5, 5.41) is 0. The molecule has 0 atom stereocenters. The third-order valence-electron chi connectivity index (χ3n) is 0.687. The monoisotopic (exact) mass is 113 g/mol. The summed E-state index contributed by atoms with van der Waals surface area (Å²) in [6.45, 7) is 5.79. The van der Waals surface area contributed by atoms with Gasteiger partial charge in [0.15, 0.2) is 0 Å². The van der Waals surface area contributed by atoms with E-state index in [0.717, 1.165) is 5.57 Å². The van der Waals surface area contributed by atoms with E-state index in [1.54, 1.807) is 6.26 Å². The van der Waals surface area contributed by atoms with Crippen LogP contribution >= 0.6 is 0 Å². The first kappa shape index (κ1) is 7.24. The zero-order chi connectivity index (χ0) is 6.41. The Morgan fingerprint density at radius 2 is 2.50 bits per heavy atom. The van der Waals surface area contributed by atoms with Crippen molar-refractivity contribution in [1.29, 1.82) is 0 Å². The van der Waals surface area contributed by atoms with Gasteiger partial charge in [-0.25, -0.2) is 0 Å². The number of hydrogen-bond acceptors (Lipinski definition) is 2. The molecular formula is C6H11NO. The van der Waals surface area contributed by atoms with Gasteiger partial charge in [0.2, 0.25) is 0 Å². The fraction of sp³-hybridized carbons (Fsp3) is 0.333. The lowest BCUT2D eigenvalue weighted by atomic mass is 10.3. The van der Waals surface area contributed by atoms with Gasteiger partial charge in [-0.3, -0.25) is 0 Å². The Kier molecular flexibility index (Phi) is 3.98. The van der Waals surface area contributed by atoms with Crippen molar-refractivity contribution in [2.24, 2.45) is 5.73 Å².